The standard InChI is InChI=1S/C11H12ClN3O2/c12-9-7-15(6-5-11(16)17-14-13)10-4-2-1-3-8(9)10/h1-4,7,14H,5-6,13H2. The molecule has 90 valence electrons. The molecule has 1 heterocycles. The summed E-state index contributed by atoms with van der Waals surface area (Å²) in [7, 11) is 0. The molecule has 1 aromatic carbocycles. The van der Waals surface area contributed by atoms with Gasteiger partial charge in [-0.25, -0.2) is 5.84 Å². The Morgan fingerprint density at radius 3 is 3.00 bits per heavy atom. The monoisotopic (exact) mass is 253 g/mol. The van der Waals surface area contributed by atoms with Crippen molar-refractivity contribution in [3.63, 3.8) is 0 Å². The summed E-state index contributed by atoms with van der Waals surface area (Å²) in [5.41, 5.74) is 2.85. The highest BCUT2D eigenvalue weighted by molar-refractivity contribution is 6.35. The molecule has 0 bridgehead atoms. The highest BCUT2D eigenvalue weighted by Gasteiger charge is 2.08. The molecule has 6 heteroatoms. The zero-order valence-electron chi connectivity index (χ0n) is 9.02. The molecule has 0 saturated carbocycles. The summed E-state index contributed by atoms with van der Waals surface area (Å²) in [4.78, 5) is 15.6. The molecule has 0 atom stereocenters. The molecule has 0 fully saturated rings. The maximum atomic E-state index is 11.1. The molecule has 2 aromatic rings. The number of fused-ring (bicyclic) bond motifs is 1. The smallest absolute Gasteiger partial charge is 0.328 e. The Labute approximate surface area is 103 Å². The van der Waals surface area contributed by atoms with Crippen LogP contribution in [-0.2, 0) is 16.2 Å². The second kappa shape index (κ2) is 5.18. The minimum atomic E-state index is -0.415. The Bertz CT molecular complexity index is 538. The summed E-state index contributed by atoms with van der Waals surface area (Å²) < 4.78 is 1.91. The van der Waals surface area contributed by atoms with Crippen molar-refractivity contribution < 1.29 is 9.63 Å². The van der Waals surface area contributed by atoms with Crippen LogP contribution in [-0.4, -0.2) is 10.5 Å². The van der Waals surface area contributed by atoms with E-state index in [0.717, 1.165) is 10.9 Å². The summed E-state index contributed by atoms with van der Waals surface area (Å²) in [5, 5.41) is 1.64. The fourth-order valence-electron chi connectivity index (χ4n) is 1.72. The molecule has 0 amide bonds. The third-order valence-electron chi connectivity index (χ3n) is 2.47. The zero-order chi connectivity index (χ0) is 12.3. The summed E-state index contributed by atoms with van der Waals surface area (Å²) in [6.45, 7) is 0.494. The zero-order valence-corrected chi connectivity index (χ0v) is 9.78. The van der Waals surface area contributed by atoms with Gasteiger partial charge in [0.1, 0.15) is 0 Å². The molecule has 17 heavy (non-hydrogen) atoms. The highest BCUT2D eigenvalue weighted by atomic mass is 35.5. The maximum Gasteiger partial charge on any atom is 0.328 e. The van der Waals surface area contributed by atoms with Crippen LogP contribution in [0.1, 0.15) is 6.42 Å². The molecular weight excluding hydrogens is 242 g/mol. The Morgan fingerprint density at radius 2 is 2.24 bits per heavy atom. The van der Waals surface area contributed by atoms with Gasteiger partial charge in [-0.1, -0.05) is 35.4 Å². The number of para-hydroxylation sites is 1. The Hall–Kier alpha value is -1.56. The lowest BCUT2D eigenvalue weighted by Crippen LogP contribution is -2.26. The Balaban J connectivity index is 2.16. The number of carbonyl (C=O) groups excluding carboxylic acids is 1. The van der Waals surface area contributed by atoms with Gasteiger partial charge in [-0.3, -0.25) is 4.79 Å². The van der Waals surface area contributed by atoms with E-state index in [1.807, 2.05) is 34.4 Å². The molecule has 0 unspecified atom stereocenters. The van der Waals surface area contributed by atoms with Crippen LogP contribution in [0.25, 0.3) is 10.9 Å². The van der Waals surface area contributed by atoms with Crippen molar-refractivity contribution in [2.24, 2.45) is 5.84 Å². The average Bonchev–Trinajstić information content (AvgIpc) is 2.65. The highest BCUT2D eigenvalue weighted by Crippen LogP contribution is 2.25. The van der Waals surface area contributed by atoms with Crippen LogP contribution < -0.4 is 11.4 Å². The maximum absolute atomic E-state index is 11.1. The number of rotatable bonds is 4. The number of benzene rings is 1. The molecule has 2 rings (SSSR count). The van der Waals surface area contributed by atoms with E-state index in [1.54, 1.807) is 6.20 Å². The number of carbonyl (C=O) groups is 1. The molecule has 5 nitrogen and oxygen atoms in total. The third-order valence-corrected chi connectivity index (χ3v) is 2.77. The van der Waals surface area contributed by atoms with Crippen molar-refractivity contribution in [1.82, 2.24) is 10.2 Å². The first-order valence-electron chi connectivity index (χ1n) is 5.11. The summed E-state index contributed by atoms with van der Waals surface area (Å²) in [6.07, 6.45) is 2.02. The van der Waals surface area contributed by atoms with Gasteiger partial charge in [-0.15, -0.1) is 0 Å². The van der Waals surface area contributed by atoms with Gasteiger partial charge in [-0.2, -0.15) is 0 Å². The molecule has 0 aliphatic heterocycles. The van der Waals surface area contributed by atoms with Crippen molar-refractivity contribution in [2.45, 2.75) is 13.0 Å². The van der Waals surface area contributed by atoms with Crippen molar-refractivity contribution in [1.29, 1.82) is 0 Å². The van der Waals surface area contributed by atoms with Crippen LogP contribution in [0.5, 0.6) is 0 Å². The van der Waals surface area contributed by atoms with Gasteiger partial charge < -0.3 is 9.40 Å². The van der Waals surface area contributed by atoms with Gasteiger partial charge in [0.05, 0.1) is 11.4 Å². The molecule has 0 aliphatic rings. The van der Waals surface area contributed by atoms with Crippen LogP contribution in [0.4, 0.5) is 0 Å². The van der Waals surface area contributed by atoms with Crippen molar-refractivity contribution in [2.75, 3.05) is 0 Å². The van der Waals surface area contributed by atoms with Gasteiger partial charge in [0.25, 0.3) is 0 Å². The number of aryl methyl sites for hydroxylation is 1. The van der Waals surface area contributed by atoms with Gasteiger partial charge in [0.15, 0.2) is 0 Å². The van der Waals surface area contributed by atoms with Crippen LogP contribution in [0.3, 0.4) is 0 Å². The number of nitrogens with one attached hydrogen (secondary N) is 1. The fourth-order valence-corrected chi connectivity index (χ4v) is 1.99. The van der Waals surface area contributed by atoms with Gasteiger partial charge in [0.2, 0.25) is 0 Å². The number of hydrogen-bond donors (Lipinski definition) is 2. The first-order valence-corrected chi connectivity index (χ1v) is 5.49. The predicted octanol–water partition coefficient (Wildman–Crippen LogP) is 1.61. The third kappa shape index (κ3) is 2.58. The number of nitrogens with zero attached hydrogens (tertiary/aromatic N) is 1. The minimum Gasteiger partial charge on any atom is -0.356 e. The van der Waals surface area contributed by atoms with E-state index < -0.39 is 5.97 Å². The Kier molecular flexibility index (Phi) is 3.63. The molecule has 0 aliphatic carbocycles. The van der Waals surface area contributed by atoms with Crippen LogP contribution in [0, 0.1) is 0 Å². The number of hydrazine groups is 1. The van der Waals surface area contributed by atoms with Crippen molar-refractivity contribution in [3.05, 3.63) is 35.5 Å². The molecule has 0 spiro atoms. The minimum absolute atomic E-state index is 0.221. The Morgan fingerprint density at radius 1 is 1.47 bits per heavy atom. The lowest BCUT2D eigenvalue weighted by Gasteiger charge is -2.04. The van der Waals surface area contributed by atoms with Crippen LogP contribution >= 0.6 is 11.6 Å². The molecule has 1 aromatic heterocycles. The van der Waals surface area contributed by atoms with Gasteiger partial charge in [-0.05, 0) is 6.07 Å². The first kappa shape index (κ1) is 11.9. The largest absolute Gasteiger partial charge is 0.356 e. The van der Waals surface area contributed by atoms with Crippen molar-refractivity contribution >= 4 is 28.5 Å². The number of nitrogens with two attached hydrogens (primary N) is 1. The van der Waals surface area contributed by atoms with E-state index in [1.165, 1.54) is 0 Å². The van der Waals surface area contributed by atoms with E-state index in [2.05, 4.69) is 4.84 Å². The normalized spacial score (nSPS) is 10.7. The second-order valence-corrected chi connectivity index (χ2v) is 3.94. The number of aromatic nitrogens is 1. The summed E-state index contributed by atoms with van der Waals surface area (Å²) in [5.74, 6) is 4.46. The van der Waals surface area contributed by atoms with E-state index in [-0.39, 0.29) is 6.42 Å². The predicted molar refractivity (Wildman–Crippen MR) is 65.0 cm³/mol. The number of halogens is 1. The lowest BCUT2D eigenvalue weighted by atomic mass is 10.2. The quantitative estimate of drug-likeness (QED) is 0.642. The lowest BCUT2D eigenvalue weighted by molar-refractivity contribution is -0.151. The van der Waals surface area contributed by atoms with E-state index in [0.29, 0.717) is 11.6 Å². The SMILES string of the molecule is NNOC(=O)CCn1cc(Cl)c2ccccc21. The van der Waals surface area contributed by atoms with Crippen LogP contribution in [0.15, 0.2) is 30.5 Å². The average molecular weight is 254 g/mol. The van der Waals surface area contributed by atoms with Crippen LogP contribution in [0.2, 0.25) is 5.02 Å². The second-order valence-electron chi connectivity index (χ2n) is 3.53. The number of hydrogen-bond acceptors (Lipinski definition) is 4. The van der Waals surface area contributed by atoms with E-state index >= 15 is 0 Å². The summed E-state index contributed by atoms with van der Waals surface area (Å²) in [6, 6.07) is 7.74. The topological polar surface area (TPSA) is 69.3 Å². The van der Waals surface area contributed by atoms with Gasteiger partial charge >= 0.3 is 5.97 Å². The molecule has 3 N–H and O–H groups in total. The van der Waals surface area contributed by atoms with Gasteiger partial charge in [0, 0.05) is 23.6 Å². The molecular formula is C11H12ClN3O2. The van der Waals surface area contributed by atoms with Crippen molar-refractivity contribution in [3.8, 4) is 0 Å². The summed E-state index contributed by atoms with van der Waals surface area (Å²) >= 11 is 6.08. The van der Waals surface area contributed by atoms with E-state index in [4.69, 9.17) is 17.4 Å². The molecule has 0 radical (unpaired) electrons. The molecule has 0 saturated heterocycles. The first-order chi connectivity index (χ1) is 8.22. The fraction of sp³-hybridized carbons (Fsp3) is 0.182. The van der Waals surface area contributed by atoms with E-state index in [9.17, 15) is 4.79 Å².